The number of hydrogen-bond donors (Lipinski definition) is 2. The Labute approximate surface area is 151 Å². The molecule has 0 saturated carbocycles. The number of carbonyl (C=O) groups excluding carboxylic acids is 1. The highest BCUT2D eigenvalue weighted by atomic mass is 79.9. The topological polar surface area (TPSA) is 99.0 Å². The number of halogens is 1. The molecule has 124 valence electrons. The number of ether oxygens (including phenoxy) is 1. The molecule has 3 aromatic rings. The Bertz CT molecular complexity index is 985. The van der Waals surface area contributed by atoms with Gasteiger partial charge in [-0.1, -0.05) is 24.3 Å². The maximum Gasteiger partial charge on any atom is 0.339 e. The number of fused-ring (bicyclic) bond motifs is 1. The van der Waals surface area contributed by atoms with Gasteiger partial charge in [0.25, 0.3) is 0 Å². The first-order valence-corrected chi connectivity index (χ1v) is 8.08. The van der Waals surface area contributed by atoms with Crippen molar-refractivity contribution in [2.45, 2.75) is 0 Å². The molecule has 25 heavy (non-hydrogen) atoms. The molecule has 0 fully saturated rings. The number of benzene rings is 2. The molecule has 1 heterocycles. The molecule has 0 saturated heterocycles. The van der Waals surface area contributed by atoms with Crippen LogP contribution in [0.2, 0.25) is 0 Å². The molecule has 0 bridgehead atoms. The van der Waals surface area contributed by atoms with Crippen molar-refractivity contribution in [3.63, 3.8) is 0 Å². The van der Waals surface area contributed by atoms with Crippen LogP contribution in [0.25, 0.3) is 16.6 Å². The minimum atomic E-state index is -0.610. The number of aromatic nitrogens is 2. The fourth-order valence-corrected chi connectivity index (χ4v) is 2.68. The highest BCUT2D eigenvalue weighted by Crippen LogP contribution is 2.20. The van der Waals surface area contributed by atoms with Gasteiger partial charge in [0, 0.05) is 4.47 Å². The van der Waals surface area contributed by atoms with Gasteiger partial charge in [-0.15, -0.1) is 0 Å². The number of nitrogens with zero attached hydrogens (tertiary/aromatic N) is 2. The molecule has 6 nitrogen and oxygen atoms in total. The number of allylic oxidation sites excluding steroid dienone is 1. The lowest BCUT2D eigenvalue weighted by molar-refractivity contribution is 0.0501. The summed E-state index contributed by atoms with van der Waals surface area (Å²) >= 11 is 3.26. The van der Waals surface area contributed by atoms with Gasteiger partial charge in [-0.2, -0.15) is 5.26 Å². The van der Waals surface area contributed by atoms with Crippen LogP contribution in [0.4, 0.5) is 0 Å². The van der Waals surface area contributed by atoms with Crippen LogP contribution in [0.1, 0.15) is 16.2 Å². The number of rotatable bonds is 4. The summed E-state index contributed by atoms with van der Waals surface area (Å²) in [5.41, 5.74) is 1.67. The smallest absolute Gasteiger partial charge is 0.339 e. The zero-order valence-electron chi connectivity index (χ0n) is 12.9. The Balaban J connectivity index is 1.81. The van der Waals surface area contributed by atoms with Crippen LogP contribution in [-0.4, -0.2) is 27.7 Å². The van der Waals surface area contributed by atoms with E-state index < -0.39 is 12.6 Å². The van der Waals surface area contributed by atoms with Gasteiger partial charge in [0.15, 0.2) is 11.6 Å². The average molecular weight is 398 g/mol. The summed E-state index contributed by atoms with van der Waals surface area (Å²) in [6, 6.07) is 15.9. The van der Waals surface area contributed by atoms with E-state index in [-0.39, 0.29) is 17.2 Å². The summed E-state index contributed by atoms with van der Waals surface area (Å²) in [6.07, 6.45) is 0. The predicted molar refractivity (Wildman–Crippen MR) is 95.7 cm³/mol. The van der Waals surface area contributed by atoms with Gasteiger partial charge in [0.1, 0.15) is 18.2 Å². The highest BCUT2D eigenvalue weighted by molar-refractivity contribution is 9.10. The van der Waals surface area contributed by atoms with Gasteiger partial charge in [0.2, 0.25) is 0 Å². The molecule has 0 aliphatic heterocycles. The second-order valence-corrected chi connectivity index (χ2v) is 5.95. The monoisotopic (exact) mass is 397 g/mol. The van der Waals surface area contributed by atoms with Crippen LogP contribution in [0.15, 0.2) is 58.8 Å². The van der Waals surface area contributed by atoms with Crippen LogP contribution in [0.3, 0.4) is 0 Å². The van der Waals surface area contributed by atoms with Crippen LogP contribution in [-0.2, 0) is 4.74 Å². The first-order valence-electron chi connectivity index (χ1n) is 7.29. The van der Waals surface area contributed by atoms with Gasteiger partial charge >= 0.3 is 5.97 Å². The minimum Gasteiger partial charge on any atom is -0.507 e. The molecule has 0 unspecified atom stereocenters. The zero-order valence-corrected chi connectivity index (χ0v) is 14.4. The summed E-state index contributed by atoms with van der Waals surface area (Å²) < 4.78 is 5.66. The maximum atomic E-state index is 12.1. The molecular weight excluding hydrogens is 386 g/mol. The molecule has 2 aromatic carbocycles. The number of H-pyrrole nitrogens is 1. The molecule has 3 rings (SSSR count). The molecule has 0 atom stereocenters. The Morgan fingerprint density at radius 2 is 1.96 bits per heavy atom. The van der Waals surface area contributed by atoms with E-state index in [1.165, 1.54) is 0 Å². The first kappa shape index (κ1) is 16.7. The molecule has 0 amide bonds. The predicted octanol–water partition coefficient (Wildman–Crippen LogP) is 3.98. The lowest BCUT2D eigenvalue weighted by Gasteiger charge is -2.06. The number of para-hydroxylation sites is 2. The van der Waals surface area contributed by atoms with Gasteiger partial charge in [-0.25, -0.2) is 9.78 Å². The van der Waals surface area contributed by atoms with Crippen molar-refractivity contribution in [1.82, 2.24) is 9.97 Å². The Morgan fingerprint density at radius 3 is 2.68 bits per heavy atom. The second kappa shape index (κ2) is 7.20. The number of hydrogen-bond acceptors (Lipinski definition) is 5. The normalized spacial score (nSPS) is 11.7. The number of esters is 1. The van der Waals surface area contributed by atoms with Crippen molar-refractivity contribution in [2.24, 2.45) is 0 Å². The van der Waals surface area contributed by atoms with Crippen molar-refractivity contribution in [3.8, 4) is 6.07 Å². The minimum absolute atomic E-state index is 0.0730. The number of aliphatic hydroxyl groups excluding tert-OH is 1. The fraction of sp³-hybridized carbons (Fsp3) is 0.0556. The van der Waals surface area contributed by atoms with Gasteiger partial charge in [-0.05, 0) is 40.2 Å². The van der Waals surface area contributed by atoms with E-state index in [9.17, 15) is 15.2 Å². The van der Waals surface area contributed by atoms with Crippen molar-refractivity contribution < 1.29 is 14.6 Å². The van der Waals surface area contributed by atoms with E-state index in [1.807, 2.05) is 24.3 Å². The van der Waals surface area contributed by atoms with Crippen LogP contribution < -0.4 is 0 Å². The number of aliphatic hydroxyl groups is 1. The van der Waals surface area contributed by atoms with E-state index in [4.69, 9.17) is 4.74 Å². The maximum absolute atomic E-state index is 12.1. The van der Waals surface area contributed by atoms with E-state index in [1.54, 1.807) is 30.3 Å². The van der Waals surface area contributed by atoms with Crippen LogP contribution >= 0.6 is 15.9 Å². The number of nitriles is 1. The molecule has 0 spiro atoms. The van der Waals surface area contributed by atoms with E-state index in [0.29, 0.717) is 15.6 Å². The molecular formula is C18H12BrN3O3. The lowest BCUT2D eigenvalue weighted by Crippen LogP contribution is -2.10. The average Bonchev–Trinajstić information content (AvgIpc) is 3.04. The fourth-order valence-electron chi connectivity index (χ4n) is 2.24. The Kier molecular flexibility index (Phi) is 4.82. The lowest BCUT2D eigenvalue weighted by atomic mass is 10.2. The third-order valence-electron chi connectivity index (χ3n) is 3.46. The number of nitrogens with one attached hydrogen (secondary N) is 1. The van der Waals surface area contributed by atoms with Crippen molar-refractivity contribution in [3.05, 3.63) is 70.2 Å². The number of imidazole rings is 1. The number of aromatic amines is 1. The Hall–Kier alpha value is -3.11. The second-order valence-electron chi connectivity index (χ2n) is 5.09. The van der Waals surface area contributed by atoms with E-state index >= 15 is 0 Å². The summed E-state index contributed by atoms with van der Waals surface area (Å²) in [7, 11) is 0. The van der Waals surface area contributed by atoms with Gasteiger partial charge in [0.05, 0.1) is 16.6 Å². The molecule has 7 heteroatoms. The van der Waals surface area contributed by atoms with Crippen molar-refractivity contribution in [1.29, 1.82) is 5.26 Å². The first-order chi connectivity index (χ1) is 12.1. The Morgan fingerprint density at radius 1 is 1.24 bits per heavy atom. The summed E-state index contributed by atoms with van der Waals surface area (Å²) in [5, 5.41) is 19.5. The van der Waals surface area contributed by atoms with Crippen molar-refractivity contribution >= 4 is 38.5 Å². The van der Waals surface area contributed by atoms with E-state index in [2.05, 4.69) is 25.9 Å². The molecule has 0 aliphatic carbocycles. The third-order valence-corrected chi connectivity index (χ3v) is 4.15. The molecule has 0 aliphatic rings. The third kappa shape index (κ3) is 3.54. The summed E-state index contributed by atoms with van der Waals surface area (Å²) in [5.74, 6) is -0.763. The summed E-state index contributed by atoms with van der Waals surface area (Å²) in [6.45, 7) is -0.430. The molecule has 2 N–H and O–H groups in total. The van der Waals surface area contributed by atoms with Gasteiger partial charge < -0.3 is 14.8 Å². The largest absolute Gasteiger partial charge is 0.507 e. The zero-order chi connectivity index (χ0) is 17.8. The standard InChI is InChI=1S/C18H12BrN3O3/c19-13-6-2-1-5-11(13)18(24)25-10-16(23)12(9-20)17-21-14-7-3-4-8-15(14)22-17/h1-8,23H,10H2,(H,21,22)/b16-12+. The molecule has 1 aromatic heterocycles. The summed E-state index contributed by atoms with van der Waals surface area (Å²) in [4.78, 5) is 19.3. The van der Waals surface area contributed by atoms with Crippen LogP contribution in [0, 0.1) is 11.3 Å². The van der Waals surface area contributed by atoms with Gasteiger partial charge in [-0.3, -0.25) is 0 Å². The van der Waals surface area contributed by atoms with E-state index in [0.717, 1.165) is 5.52 Å². The van der Waals surface area contributed by atoms with Crippen LogP contribution in [0.5, 0.6) is 0 Å². The SMILES string of the molecule is N#C/C(=C(\O)COC(=O)c1ccccc1Br)c1nc2ccccc2[nH]1. The van der Waals surface area contributed by atoms with Crippen molar-refractivity contribution in [2.75, 3.05) is 6.61 Å². The molecule has 0 radical (unpaired) electrons. The number of carbonyl (C=O) groups is 1. The highest BCUT2D eigenvalue weighted by Gasteiger charge is 2.16. The quantitative estimate of drug-likeness (QED) is 0.394.